The first-order valence-corrected chi connectivity index (χ1v) is 12.7. The highest BCUT2D eigenvalue weighted by atomic mass is 19.1. The highest BCUT2D eigenvalue weighted by molar-refractivity contribution is 6.06. The molecule has 0 bridgehead atoms. The van der Waals surface area contributed by atoms with E-state index in [0.29, 0.717) is 29.4 Å². The highest BCUT2D eigenvalue weighted by Crippen LogP contribution is 2.37. The zero-order valence-corrected chi connectivity index (χ0v) is 22.8. The molecular formula is C27H30FN7O5. The van der Waals surface area contributed by atoms with Crippen molar-refractivity contribution in [3.05, 3.63) is 42.0 Å². The number of piperazine rings is 1. The van der Waals surface area contributed by atoms with Crippen molar-refractivity contribution in [1.29, 1.82) is 0 Å². The number of carbonyl (C=O) groups excluding carboxylic acids is 1. The van der Waals surface area contributed by atoms with Crippen LogP contribution in [-0.4, -0.2) is 87.9 Å². The van der Waals surface area contributed by atoms with Crippen LogP contribution in [-0.2, 0) is 11.8 Å². The Morgan fingerprint density at radius 2 is 1.90 bits per heavy atom. The van der Waals surface area contributed by atoms with E-state index in [2.05, 4.69) is 25.3 Å². The van der Waals surface area contributed by atoms with E-state index in [4.69, 9.17) is 9.47 Å². The average molecular weight is 552 g/mol. The van der Waals surface area contributed by atoms with E-state index in [1.165, 1.54) is 23.7 Å². The van der Waals surface area contributed by atoms with Crippen LogP contribution in [0.2, 0.25) is 0 Å². The molecule has 1 saturated heterocycles. The Morgan fingerprint density at radius 1 is 1.18 bits per heavy atom. The molecular weight excluding hydrogens is 521 g/mol. The minimum absolute atomic E-state index is 0.104. The van der Waals surface area contributed by atoms with Gasteiger partial charge in [0, 0.05) is 57.0 Å². The van der Waals surface area contributed by atoms with E-state index >= 15 is 4.39 Å². The molecule has 12 nitrogen and oxygen atoms in total. The molecule has 1 fully saturated rings. The summed E-state index contributed by atoms with van der Waals surface area (Å²) >= 11 is 0. The lowest BCUT2D eigenvalue weighted by Gasteiger charge is -2.44. The van der Waals surface area contributed by atoms with Gasteiger partial charge in [0.05, 0.1) is 23.2 Å². The minimum Gasteiger partial charge on any atom is -0.465 e. The van der Waals surface area contributed by atoms with Gasteiger partial charge in [-0.05, 0) is 38.1 Å². The Hall–Kier alpha value is -4.52. The molecule has 40 heavy (non-hydrogen) atoms. The number of carboxylic acid groups (broad SMARTS) is 1. The fourth-order valence-electron chi connectivity index (χ4n) is 5.29. The SMILES string of the molecule is CNC(=O)c1nc(-c2cc3cn(C)nc3c(F)c2OCOC)nc2ccc(N3C[C@@H](C)N(C(=O)O)[C@H](C)C3)cc12. The largest absolute Gasteiger partial charge is 0.465 e. The van der Waals surface area contributed by atoms with Gasteiger partial charge in [0.15, 0.2) is 24.2 Å². The van der Waals surface area contributed by atoms with Gasteiger partial charge in [-0.25, -0.2) is 19.2 Å². The molecule has 0 saturated carbocycles. The molecule has 2 atom stereocenters. The third-order valence-corrected chi connectivity index (χ3v) is 7.00. The van der Waals surface area contributed by atoms with Crippen LogP contribution < -0.4 is 15.0 Å². The van der Waals surface area contributed by atoms with Crippen LogP contribution in [0.1, 0.15) is 24.3 Å². The summed E-state index contributed by atoms with van der Waals surface area (Å²) in [5.41, 5.74) is 1.77. The lowest BCUT2D eigenvalue weighted by molar-refractivity contribution is 0.0489. The van der Waals surface area contributed by atoms with E-state index < -0.39 is 17.8 Å². The quantitative estimate of drug-likeness (QED) is 0.346. The number of ether oxygens (including phenoxy) is 2. The molecule has 1 aliphatic rings. The number of amides is 2. The van der Waals surface area contributed by atoms with Crippen LogP contribution in [0.5, 0.6) is 5.75 Å². The Labute approximate surface area is 229 Å². The number of aryl methyl sites for hydroxylation is 1. The summed E-state index contributed by atoms with van der Waals surface area (Å²) in [5, 5.41) is 17.4. The van der Waals surface area contributed by atoms with Crippen LogP contribution in [0, 0.1) is 5.82 Å². The average Bonchev–Trinajstić information content (AvgIpc) is 3.31. The number of rotatable bonds is 6. The molecule has 2 N–H and O–H groups in total. The Balaban J connectivity index is 1.64. The van der Waals surface area contributed by atoms with Crippen LogP contribution in [0.15, 0.2) is 30.5 Å². The zero-order chi connectivity index (χ0) is 28.7. The molecule has 4 aromatic rings. The highest BCUT2D eigenvalue weighted by Gasteiger charge is 2.33. The standard InChI is InChI=1S/C27H30FN7O5/c1-14-10-34(11-15(2)35(14)27(37)38)17-6-7-20-18(9-17)23(26(36)29-3)31-25(30-20)19-8-16-12-33(4)32-22(16)21(28)24(19)40-13-39-5/h6-9,12,14-15H,10-11,13H2,1-5H3,(H,29,36)(H,37,38)/t14-,15-/m1/s1. The number of methoxy groups -OCH3 is 1. The second-order valence-corrected chi connectivity index (χ2v) is 9.83. The number of hydrogen-bond donors (Lipinski definition) is 2. The molecule has 1 aliphatic heterocycles. The van der Waals surface area contributed by atoms with Gasteiger partial charge in [0.2, 0.25) is 0 Å². The van der Waals surface area contributed by atoms with Gasteiger partial charge < -0.3 is 24.8 Å². The maximum Gasteiger partial charge on any atom is 0.407 e. The number of benzene rings is 2. The number of hydrogen-bond acceptors (Lipinski definition) is 8. The van der Waals surface area contributed by atoms with Crippen molar-refractivity contribution < 1.29 is 28.6 Å². The van der Waals surface area contributed by atoms with Gasteiger partial charge in [-0.15, -0.1) is 0 Å². The summed E-state index contributed by atoms with van der Waals surface area (Å²) in [5.74, 6) is -1.15. The molecule has 2 aromatic heterocycles. The molecule has 210 valence electrons. The van der Waals surface area contributed by atoms with Crippen molar-refractivity contribution in [2.45, 2.75) is 25.9 Å². The smallest absolute Gasteiger partial charge is 0.407 e. The molecule has 0 radical (unpaired) electrons. The molecule has 0 unspecified atom stereocenters. The van der Waals surface area contributed by atoms with Crippen LogP contribution in [0.3, 0.4) is 0 Å². The lowest BCUT2D eigenvalue weighted by Crippen LogP contribution is -2.58. The second kappa shape index (κ2) is 10.6. The summed E-state index contributed by atoms with van der Waals surface area (Å²) in [7, 11) is 4.61. The van der Waals surface area contributed by atoms with E-state index in [0.717, 1.165) is 5.69 Å². The van der Waals surface area contributed by atoms with Crippen molar-refractivity contribution in [1.82, 2.24) is 30.0 Å². The van der Waals surface area contributed by atoms with Crippen molar-refractivity contribution in [2.24, 2.45) is 7.05 Å². The van der Waals surface area contributed by atoms with Gasteiger partial charge in [-0.2, -0.15) is 5.10 Å². The van der Waals surface area contributed by atoms with Crippen LogP contribution in [0.4, 0.5) is 14.9 Å². The van der Waals surface area contributed by atoms with Gasteiger partial charge >= 0.3 is 6.09 Å². The Bertz CT molecular complexity index is 1610. The Morgan fingerprint density at radius 3 is 2.55 bits per heavy atom. The molecule has 3 heterocycles. The van der Waals surface area contributed by atoms with Crippen LogP contribution in [0.25, 0.3) is 33.2 Å². The number of fused-ring (bicyclic) bond motifs is 2. The number of anilines is 1. The summed E-state index contributed by atoms with van der Waals surface area (Å²) in [6, 6.07) is 6.69. The molecule has 2 amide bonds. The summed E-state index contributed by atoms with van der Waals surface area (Å²) in [4.78, 5) is 37.5. The van der Waals surface area contributed by atoms with Crippen molar-refractivity contribution >= 4 is 39.5 Å². The number of halogens is 1. The first-order valence-electron chi connectivity index (χ1n) is 12.7. The predicted molar refractivity (Wildman–Crippen MR) is 146 cm³/mol. The molecule has 0 spiro atoms. The monoisotopic (exact) mass is 551 g/mol. The normalized spacial score (nSPS) is 17.4. The van der Waals surface area contributed by atoms with Crippen molar-refractivity contribution in [3.8, 4) is 17.1 Å². The van der Waals surface area contributed by atoms with E-state index in [9.17, 15) is 14.7 Å². The maximum absolute atomic E-state index is 15.6. The predicted octanol–water partition coefficient (Wildman–Crippen LogP) is 3.24. The van der Waals surface area contributed by atoms with Crippen molar-refractivity contribution in [3.63, 3.8) is 0 Å². The van der Waals surface area contributed by atoms with E-state index in [1.807, 2.05) is 26.0 Å². The molecule has 0 aliphatic carbocycles. The number of nitrogens with one attached hydrogen (secondary N) is 1. The topological polar surface area (TPSA) is 135 Å². The third-order valence-electron chi connectivity index (χ3n) is 7.00. The van der Waals surface area contributed by atoms with E-state index in [1.54, 1.807) is 25.4 Å². The molecule has 5 rings (SSSR count). The lowest BCUT2D eigenvalue weighted by atomic mass is 10.1. The number of carbonyl (C=O) groups is 2. The van der Waals surface area contributed by atoms with Gasteiger partial charge in [-0.3, -0.25) is 14.4 Å². The van der Waals surface area contributed by atoms with Gasteiger partial charge in [0.1, 0.15) is 11.2 Å². The van der Waals surface area contributed by atoms with E-state index in [-0.39, 0.29) is 47.2 Å². The minimum atomic E-state index is -0.948. The van der Waals surface area contributed by atoms with Gasteiger partial charge in [-0.1, -0.05) is 0 Å². The van der Waals surface area contributed by atoms with Crippen LogP contribution >= 0.6 is 0 Å². The molecule has 2 aromatic carbocycles. The third kappa shape index (κ3) is 4.72. The summed E-state index contributed by atoms with van der Waals surface area (Å²) in [6.45, 7) is 4.49. The molecule has 13 heteroatoms. The van der Waals surface area contributed by atoms with Crippen molar-refractivity contribution in [2.75, 3.05) is 38.9 Å². The van der Waals surface area contributed by atoms with Gasteiger partial charge in [0.25, 0.3) is 5.91 Å². The number of aromatic nitrogens is 4. The summed E-state index contributed by atoms with van der Waals surface area (Å²) in [6.07, 6.45) is 0.719. The second-order valence-electron chi connectivity index (χ2n) is 9.83. The Kier molecular flexibility index (Phi) is 7.15. The number of nitrogens with zero attached hydrogens (tertiary/aromatic N) is 6. The fraction of sp³-hybridized carbons (Fsp3) is 0.370. The fourth-order valence-corrected chi connectivity index (χ4v) is 5.29. The zero-order valence-electron chi connectivity index (χ0n) is 22.8. The maximum atomic E-state index is 15.6. The first kappa shape index (κ1) is 27.1. The first-order chi connectivity index (χ1) is 19.1. The summed E-state index contributed by atoms with van der Waals surface area (Å²) < 4.78 is 27.6.